The Morgan fingerprint density at radius 1 is 1.32 bits per heavy atom. The Morgan fingerprint density at radius 3 is 2.77 bits per heavy atom. The number of nitrogens with zero attached hydrogens (tertiary/aromatic N) is 3. The zero-order valence-electron chi connectivity index (χ0n) is 12.1. The number of hydrogen-bond donors (Lipinski definition) is 1. The molecule has 1 aromatic heterocycles. The van der Waals surface area contributed by atoms with E-state index in [2.05, 4.69) is 14.8 Å². The maximum Gasteiger partial charge on any atom is 0.266 e. The second-order valence-electron chi connectivity index (χ2n) is 4.90. The highest BCUT2D eigenvalue weighted by Crippen LogP contribution is 2.17. The standard InChI is InChI=1S/C14H16N4O2S2/c1-11-13(22(19,20)17-14-15-7-8-21-14)10-18(16-11)9-12-5-3-2-4-6-12/h2-6,10H,7-9H2,1H3,(H,15,17). The molecule has 1 aliphatic heterocycles. The highest BCUT2D eigenvalue weighted by Gasteiger charge is 2.23. The summed E-state index contributed by atoms with van der Waals surface area (Å²) >= 11 is 1.41. The molecule has 1 aliphatic rings. The van der Waals surface area contributed by atoms with Gasteiger partial charge in [-0.3, -0.25) is 14.4 Å². The molecule has 0 spiro atoms. The van der Waals surface area contributed by atoms with Crippen LogP contribution in [0.5, 0.6) is 0 Å². The van der Waals surface area contributed by atoms with Gasteiger partial charge in [-0.25, -0.2) is 8.42 Å². The third-order valence-electron chi connectivity index (χ3n) is 3.19. The maximum absolute atomic E-state index is 12.4. The number of rotatable bonds is 4. The van der Waals surface area contributed by atoms with E-state index in [-0.39, 0.29) is 4.90 Å². The molecule has 6 nitrogen and oxygen atoms in total. The first-order valence-corrected chi connectivity index (χ1v) is 9.29. The summed E-state index contributed by atoms with van der Waals surface area (Å²) in [6.45, 7) is 2.88. The summed E-state index contributed by atoms with van der Waals surface area (Å²) in [6, 6.07) is 9.79. The van der Waals surface area contributed by atoms with Crippen molar-refractivity contribution in [3.05, 3.63) is 47.8 Å². The number of hydrogen-bond acceptors (Lipinski definition) is 5. The van der Waals surface area contributed by atoms with Crippen LogP contribution in [-0.4, -0.2) is 35.7 Å². The topological polar surface area (TPSA) is 76.3 Å². The van der Waals surface area contributed by atoms with Crippen molar-refractivity contribution < 1.29 is 8.42 Å². The SMILES string of the molecule is Cc1nn(Cc2ccccc2)cc1S(=O)(=O)NC1=NCCS1. The molecule has 2 heterocycles. The molecule has 22 heavy (non-hydrogen) atoms. The molecule has 1 aromatic carbocycles. The lowest BCUT2D eigenvalue weighted by Crippen LogP contribution is -2.27. The van der Waals surface area contributed by atoms with E-state index in [1.807, 2.05) is 30.3 Å². The van der Waals surface area contributed by atoms with Crippen LogP contribution in [0.4, 0.5) is 0 Å². The fourth-order valence-corrected chi connectivity index (χ4v) is 4.40. The number of nitrogens with one attached hydrogen (secondary N) is 1. The number of aromatic nitrogens is 2. The normalized spacial score (nSPS) is 14.9. The Hall–Kier alpha value is -1.80. The predicted octanol–water partition coefficient (Wildman–Crippen LogP) is 1.62. The molecule has 116 valence electrons. The number of sulfonamides is 1. The second-order valence-corrected chi connectivity index (χ2v) is 7.64. The first-order chi connectivity index (χ1) is 10.5. The molecule has 0 amide bonds. The van der Waals surface area contributed by atoms with Gasteiger partial charge in [-0.2, -0.15) is 5.10 Å². The summed E-state index contributed by atoms with van der Waals surface area (Å²) in [5.74, 6) is 0.810. The van der Waals surface area contributed by atoms with Gasteiger partial charge in [0.05, 0.1) is 18.8 Å². The van der Waals surface area contributed by atoms with E-state index >= 15 is 0 Å². The average molecular weight is 336 g/mol. The van der Waals surface area contributed by atoms with Gasteiger partial charge in [0.1, 0.15) is 4.90 Å². The molecule has 0 bridgehead atoms. The predicted molar refractivity (Wildman–Crippen MR) is 87.6 cm³/mol. The Balaban J connectivity index is 1.82. The van der Waals surface area contributed by atoms with Crippen LogP contribution in [0.1, 0.15) is 11.3 Å². The number of thioether (sulfide) groups is 1. The summed E-state index contributed by atoms with van der Waals surface area (Å²) in [6.07, 6.45) is 1.56. The van der Waals surface area contributed by atoms with Gasteiger partial charge in [-0.05, 0) is 12.5 Å². The van der Waals surface area contributed by atoms with Gasteiger partial charge in [-0.1, -0.05) is 42.1 Å². The van der Waals surface area contributed by atoms with Crippen LogP contribution in [0.25, 0.3) is 0 Å². The molecule has 0 fully saturated rings. The lowest BCUT2D eigenvalue weighted by molar-refractivity contribution is 0.592. The van der Waals surface area contributed by atoms with Crippen LogP contribution in [0.3, 0.4) is 0 Å². The zero-order chi connectivity index (χ0) is 15.6. The van der Waals surface area contributed by atoms with E-state index in [1.165, 1.54) is 11.8 Å². The van der Waals surface area contributed by atoms with Crippen molar-refractivity contribution in [2.75, 3.05) is 12.3 Å². The van der Waals surface area contributed by atoms with Crippen molar-refractivity contribution in [2.24, 2.45) is 4.99 Å². The number of amidine groups is 1. The van der Waals surface area contributed by atoms with E-state index in [0.29, 0.717) is 24.0 Å². The Labute approximate surface area is 133 Å². The van der Waals surface area contributed by atoms with Crippen molar-refractivity contribution in [1.82, 2.24) is 14.5 Å². The molecule has 0 radical (unpaired) electrons. The molecular formula is C14H16N4O2S2. The molecule has 2 aromatic rings. The fraction of sp³-hybridized carbons (Fsp3) is 0.286. The third-order valence-corrected chi connectivity index (χ3v) is 5.65. The highest BCUT2D eigenvalue weighted by molar-refractivity contribution is 8.15. The molecule has 3 rings (SSSR count). The number of aliphatic imine (C=N–C) groups is 1. The van der Waals surface area contributed by atoms with E-state index in [0.717, 1.165) is 11.3 Å². The zero-order valence-corrected chi connectivity index (χ0v) is 13.7. The molecule has 0 saturated heterocycles. The van der Waals surface area contributed by atoms with Crippen molar-refractivity contribution in [3.8, 4) is 0 Å². The van der Waals surface area contributed by atoms with Crippen molar-refractivity contribution >= 4 is 27.0 Å². The monoisotopic (exact) mass is 336 g/mol. The van der Waals surface area contributed by atoms with Crippen molar-refractivity contribution in [1.29, 1.82) is 0 Å². The molecule has 0 atom stereocenters. The van der Waals surface area contributed by atoms with Gasteiger partial charge >= 0.3 is 0 Å². The molecule has 8 heteroatoms. The summed E-state index contributed by atoms with van der Waals surface area (Å²) in [5, 5.41) is 4.75. The van der Waals surface area contributed by atoms with Crippen LogP contribution >= 0.6 is 11.8 Å². The first kappa shape index (κ1) is 15.1. The van der Waals surface area contributed by atoms with Crippen LogP contribution in [0.15, 0.2) is 46.4 Å². The first-order valence-electron chi connectivity index (χ1n) is 6.83. The molecule has 0 aliphatic carbocycles. The number of aryl methyl sites for hydroxylation is 1. The average Bonchev–Trinajstić information content (AvgIpc) is 3.09. The number of benzene rings is 1. The Morgan fingerprint density at radius 2 is 2.09 bits per heavy atom. The van der Waals surface area contributed by atoms with Crippen LogP contribution in [0.2, 0.25) is 0 Å². The van der Waals surface area contributed by atoms with Gasteiger partial charge in [0, 0.05) is 11.9 Å². The molecule has 0 unspecified atom stereocenters. The minimum absolute atomic E-state index is 0.193. The highest BCUT2D eigenvalue weighted by atomic mass is 32.2. The largest absolute Gasteiger partial charge is 0.267 e. The fourth-order valence-electron chi connectivity index (χ4n) is 2.18. The minimum Gasteiger partial charge on any atom is -0.267 e. The van der Waals surface area contributed by atoms with Gasteiger partial charge < -0.3 is 0 Å². The lowest BCUT2D eigenvalue weighted by atomic mass is 10.2. The molecule has 1 N–H and O–H groups in total. The van der Waals surface area contributed by atoms with E-state index in [9.17, 15) is 8.42 Å². The Kier molecular flexibility index (Phi) is 4.21. The maximum atomic E-state index is 12.4. The van der Waals surface area contributed by atoms with Crippen LogP contribution < -0.4 is 4.72 Å². The molecular weight excluding hydrogens is 320 g/mol. The van der Waals surface area contributed by atoms with Crippen molar-refractivity contribution in [2.45, 2.75) is 18.4 Å². The van der Waals surface area contributed by atoms with Gasteiger partial charge in [0.15, 0.2) is 5.17 Å². The summed E-state index contributed by atoms with van der Waals surface area (Å²) in [4.78, 5) is 4.31. The third kappa shape index (κ3) is 3.33. The van der Waals surface area contributed by atoms with Crippen molar-refractivity contribution in [3.63, 3.8) is 0 Å². The van der Waals surface area contributed by atoms with Gasteiger partial charge in [0.25, 0.3) is 10.0 Å². The van der Waals surface area contributed by atoms with E-state index in [1.54, 1.807) is 17.8 Å². The lowest BCUT2D eigenvalue weighted by Gasteiger charge is -2.05. The summed E-state index contributed by atoms with van der Waals surface area (Å²) < 4.78 is 29.0. The van der Waals surface area contributed by atoms with E-state index < -0.39 is 10.0 Å². The van der Waals surface area contributed by atoms with Gasteiger partial charge in [0.2, 0.25) is 0 Å². The Bertz CT molecular complexity index is 798. The smallest absolute Gasteiger partial charge is 0.266 e. The van der Waals surface area contributed by atoms with Crippen LogP contribution in [0, 0.1) is 6.92 Å². The minimum atomic E-state index is -3.63. The van der Waals surface area contributed by atoms with Gasteiger partial charge in [-0.15, -0.1) is 0 Å². The van der Waals surface area contributed by atoms with E-state index in [4.69, 9.17) is 0 Å². The summed E-state index contributed by atoms with van der Waals surface area (Å²) in [5.41, 5.74) is 1.55. The van der Waals surface area contributed by atoms with Crippen LogP contribution in [-0.2, 0) is 16.6 Å². The summed E-state index contributed by atoms with van der Waals surface area (Å²) in [7, 11) is -3.63. The quantitative estimate of drug-likeness (QED) is 0.920. The second kappa shape index (κ2) is 6.13. The molecule has 0 saturated carbocycles.